The maximum atomic E-state index is 3.59. The Kier molecular flexibility index (Phi) is 5.04. The van der Waals surface area contributed by atoms with Crippen molar-refractivity contribution in [2.75, 3.05) is 5.32 Å². The number of hydrogen-bond acceptors (Lipinski definition) is 2. The van der Waals surface area contributed by atoms with Crippen LogP contribution in [0.4, 0.5) is 11.4 Å². The molecule has 0 aliphatic rings. The molecule has 2 heteroatoms. The van der Waals surface area contributed by atoms with E-state index < -0.39 is 0 Å². The quantitative estimate of drug-likeness (QED) is 0.266. The molecule has 36 heavy (non-hydrogen) atoms. The maximum Gasteiger partial charge on any atom is 0.0390 e. The molecule has 0 amide bonds. The minimum absolute atomic E-state index is 1.08. The monoisotopic (exact) mass is 477 g/mol. The SMILES string of the molecule is c1cc(Nc2ccc(-c3cccc4ccccc34)cc2)cc(-c2ccc3sc4ccccc4c3c2)c1. The van der Waals surface area contributed by atoms with Crippen LogP contribution in [0.3, 0.4) is 0 Å². The van der Waals surface area contributed by atoms with E-state index in [9.17, 15) is 0 Å². The molecule has 0 aliphatic heterocycles. The van der Waals surface area contributed by atoms with E-state index in [-0.39, 0.29) is 0 Å². The first kappa shape index (κ1) is 20.9. The highest BCUT2D eigenvalue weighted by molar-refractivity contribution is 7.25. The van der Waals surface area contributed by atoms with Crippen LogP contribution in [-0.2, 0) is 0 Å². The van der Waals surface area contributed by atoms with Gasteiger partial charge in [-0.25, -0.2) is 0 Å². The van der Waals surface area contributed by atoms with E-state index in [1.807, 2.05) is 11.3 Å². The fraction of sp³-hybridized carbons (Fsp3) is 0. The summed E-state index contributed by atoms with van der Waals surface area (Å²) in [4.78, 5) is 0. The third-order valence-electron chi connectivity index (χ3n) is 6.85. The molecule has 0 saturated heterocycles. The van der Waals surface area contributed by atoms with Crippen molar-refractivity contribution in [1.82, 2.24) is 0 Å². The van der Waals surface area contributed by atoms with Gasteiger partial charge in [-0.05, 0) is 75.5 Å². The molecule has 0 fully saturated rings. The van der Waals surface area contributed by atoms with Crippen LogP contribution < -0.4 is 5.32 Å². The molecule has 0 bridgehead atoms. The highest BCUT2D eigenvalue weighted by atomic mass is 32.1. The van der Waals surface area contributed by atoms with Crippen molar-refractivity contribution in [3.8, 4) is 22.3 Å². The lowest BCUT2D eigenvalue weighted by Crippen LogP contribution is -1.91. The van der Waals surface area contributed by atoms with Crippen LogP contribution in [0.15, 0.2) is 133 Å². The van der Waals surface area contributed by atoms with Gasteiger partial charge in [0.1, 0.15) is 0 Å². The second kappa shape index (κ2) is 8.67. The van der Waals surface area contributed by atoms with Gasteiger partial charge in [0.15, 0.2) is 0 Å². The zero-order valence-corrected chi connectivity index (χ0v) is 20.4. The molecular formula is C34H23NS. The van der Waals surface area contributed by atoms with Gasteiger partial charge >= 0.3 is 0 Å². The number of anilines is 2. The van der Waals surface area contributed by atoms with Gasteiger partial charge in [0.2, 0.25) is 0 Å². The Balaban J connectivity index is 1.18. The fourth-order valence-corrected chi connectivity index (χ4v) is 6.15. The fourth-order valence-electron chi connectivity index (χ4n) is 5.06. The van der Waals surface area contributed by atoms with Gasteiger partial charge in [-0.2, -0.15) is 0 Å². The molecule has 0 aliphatic carbocycles. The molecule has 7 rings (SSSR count). The summed E-state index contributed by atoms with van der Waals surface area (Å²) in [5, 5.41) is 8.80. The first-order valence-corrected chi connectivity index (χ1v) is 13.0. The van der Waals surface area contributed by atoms with Gasteiger partial charge in [0, 0.05) is 31.5 Å². The Labute approximate surface area is 214 Å². The molecule has 1 nitrogen and oxygen atoms in total. The maximum absolute atomic E-state index is 3.59. The Bertz CT molecular complexity index is 1860. The summed E-state index contributed by atoms with van der Waals surface area (Å²) in [5.41, 5.74) is 7.10. The molecule has 170 valence electrons. The van der Waals surface area contributed by atoms with Crippen LogP contribution >= 0.6 is 11.3 Å². The van der Waals surface area contributed by atoms with Crippen LogP contribution in [0.5, 0.6) is 0 Å². The number of benzene rings is 6. The van der Waals surface area contributed by atoms with Crippen LogP contribution in [0.1, 0.15) is 0 Å². The molecule has 6 aromatic carbocycles. The normalized spacial score (nSPS) is 11.3. The predicted molar refractivity (Wildman–Crippen MR) is 157 cm³/mol. The molecule has 1 N–H and O–H groups in total. The van der Waals surface area contributed by atoms with Gasteiger partial charge in [-0.3, -0.25) is 0 Å². The second-order valence-electron chi connectivity index (χ2n) is 9.12. The molecule has 7 aromatic rings. The first-order chi connectivity index (χ1) is 17.8. The number of nitrogens with one attached hydrogen (secondary N) is 1. The molecule has 1 heterocycles. The van der Waals surface area contributed by atoms with Crippen LogP contribution in [0, 0.1) is 0 Å². The Hall–Kier alpha value is -4.40. The Morgan fingerprint density at radius 3 is 2.03 bits per heavy atom. The van der Waals surface area contributed by atoms with Crippen molar-refractivity contribution in [3.05, 3.63) is 133 Å². The van der Waals surface area contributed by atoms with Gasteiger partial charge < -0.3 is 5.32 Å². The van der Waals surface area contributed by atoms with E-state index in [0.29, 0.717) is 0 Å². The lowest BCUT2D eigenvalue weighted by Gasteiger charge is -2.11. The van der Waals surface area contributed by atoms with Crippen molar-refractivity contribution in [2.45, 2.75) is 0 Å². The second-order valence-corrected chi connectivity index (χ2v) is 10.2. The molecule has 0 saturated carbocycles. The molecule has 0 spiro atoms. The molecule has 1 aromatic heterocycles. The zero-order chi connectivity index (χ0) is 23.9. The predicted octanol–water partition coefficient (Wildman–Crippen LogP) is 10.3. The third kappa shape index (κ3) is 3.73. The number of fused-ring (bicyclic) bond motifs is 4. The summed E-state index contributed by atoms with van der Waals surface area (Å²) in [6.45, 7) is 0. The highest BCUT2D eigenvalue weighted by Crippen LogP contribution is 2.37. The van der Waals surface area contributed by atoms with Crippen LogP contribution in [0.25, 0.3) is 53.2 Å². The minimum Gasteiger partial charge on any atom is -0.356 e. The minimum atomic E-state index is 1.08. The summed E-state index contributed by atoms with van der Waals surface area (Å²) in [6, 6.07) is 47.9. The highest BCUT2D eigenvalue weighted by Gasteiger charge is 2.08. The van der Waals surface area contributed by atoms with Crippen LogP contribution in [0.2, 0.25) is 0 Å². The smallest absolute Gasteiger partial charge is 0.0390 e. The Morgan fingerprint density at radius 2 is 1.11 bits per heavy atom. The summed E-state index contributed by atoms with van der Waals surface area (Å²) in [5.74, 6) is 0. The zero-order valence-electron chi connectivity index (χ0n) is 19.6. The van der Waals surface area contributed by atoms with E-state index in [0.717, 1.165) is 11.4 Å². The van der Waals surface area contributed by atoms with E-state index in [1.54, 1.807) is 0 Å². The molecule has 0 unspecified atom stereocenters. The number of thiophene rings is 1. The van der Waals surface area contributed by atoms with E-state index in [2.05, 4.69) is 139 Å². The van der Waals surface area contributed by atoms with Gasteiger partial charge in [-0.1, -0.05) is 91.0 Å². The third-order valence-corrected chi connectivity index (χ3v) is 8.00. The molecule has 0 radical (unpaired) electrons. The largest absolute Gasteiger partial charge is 0.356 e. The van der Waals surface area contributed by atoms with E-state index >= 15 is 0 Å². The van der Waals surface area contributed by atoms with Gasteiger partial charge in [0.25, 0.3) is 0 Å². The van der Waals surface area contributed by atoms with Gasteiger partial charge in [0.05, 0.1) is 0 Å². The first-order valence-electron chi connectivity index (χ1n) is 12.2. The Morgan fingerprint density at radius 1 is 0.417 bits per heavy atom. The standard InChI is InChI=1S/C34H23NS/c1-2-11-29-23(7-1)8-6-13-30(29)24-15-18-27(19-16-24)35-28-10-5-9-25(21-28)26-17-20-34-32(22-26)31-12-3-4-14-33(31)36-34/h1-22,35H. The van der Waals surface area contributed by atoms with Crippen LogP contribution in [-0.4, -0.2) is 0 Å². The lowest BCUT2D eigenvalue weighted by molar-refractivity contribution is 1.54. The molecule has 0 atom stereocenters. The van der Waals surface area contributed by atoms with Crippen molar-refractivity contribution in [2.24, 2.45) is 0 Å². The van der Waals surface area contributed by atoms with Crippen molar-refractivity contribution in [1.29, 1.82) is 0 Å². The topological polar surface area (TPSA) is 12.0 Å². The van der Waals surface area contributed by atoms with Crippen molar-refractivity contribution in [3.63, 3.8) is 0 Å². The average molecular weight is 478 g/mol. The van der Waals surface area contributed by atoms with Gasteiger partial charge in [-0.15, -0.1) is 11.3 Å². The molecular weight excluding hydrogens is 454 g/mol. The van der Waals surface area contributed by atoms with E-state index in [4.69, 9.17) is 0 Å². The van der Waals surface area contributed by atoms with Crippen molar-refractivity contribution >= 4 is 53.7 Å². The summed E-state index contributed by atoms with van der Waals surface area (Å²) >= 11 is 1.86. The average Bonchev–Trinajstić information content (AvgIpc) is 3.31. The van der Waals surface area contributed by atoms with E-state index in [1.165, 1.54) is 53.2 Å². The number of rotatable bonds is 4. The van der Waals surface area contributed by atoms with Crippen molar-refractivity contribution < 1.29 is 0 Å². The lowest BCUT2D eigenvalue weighted by atomic mass is 9.98. The summed E-state index contributed by atoms with van der Waals surface area (Å²) in [7, 11) is 0. The summed E-state index contributed by atoms with van der Waals surface area (Å²) < 4.78 is 2.67. The summed E-state index contributed by atoms with van der Waals surface area (Å²) in [6.07, 6.45) is 0. The number of hydrogen-bond donors (Lipinski definition) is 1.